The molecule has 0 bridgehead atoms. The third-order valence-electron chi connectivity index (χ3n) is 1.07. The fraction of sp³-hybridized carbons (Fsp3) is 0.667. The standard InChI is InChI=1S/C6H6N2O3S/c7-1-5(2-8)10-11-12-4-6-3-9-6/h5-6H,3-4H2. The van der Waals surface area contributed by atoms with Crippen molar-refractivity contribution in [3.8, 4) is 12.1 Å². The smallest absolute Gasteiger partial charge is 0.265 e. The Bertz CT molecular complexity index is 204. The van der Waals surface area contributed by atoms with Crippen LogP contribution >= 0.6 is 12.0 Å². The van der Waals surface area contributed by atoms with Gasteiger partial charge in [-0.2, -0.15) is 19.7 Å². The Morgan fingerprint density at radius 3 is 2.75 bits per heavy atom. The Hall–Kier alpha value is -0.790. The highest BCUT2D eigenvalue weighted by atomic mass is 32.2. The highest BCUT2D eigenvalue weighted by Gasteiger charge is 2.22. The van der Waals surface area contributed by atoms with Crippen molar-refractivity contribution in [1.82, 2.24) is 0 Å². The van der Waals surface area contributed by atoms with Crippen molar-refractivity contribution in [3.63, 3.8) is 0 Å². The molecule has 0 radical (unpaired) electrons. The number of epoxide rings is 1. The lowest BCUT2D eigenvalue weighted by atomic mass is 10.5. The maximum atomic E-state index is 8.24. The highest BCUT2D eigenvalue weighted by molar-refractivity contribution is 7.94. The van der Waals surface area contributed by atoms with E-state index in [0.717, 1.165) is 18.6 Å². The minimum Gasteiger partial charge on any atom is -0.372 e. The second-order valence-electron chi connectivity index (χ2n) is 2.04. The molecule has 1 saturated heterocycles. The van der Waals surface area contributed by atoms with Crippen LogP contribution < -0.4 is 0 Å². The van der Waals surface area contributed by atoms with Crippen LogP contribution in [0.25, 0.3) is 0 Å². The van der Waals surface area contributed by atoms with Gasteiger partial charge >= 0.3 is 0 Å². The van der Waals surface area contributed by atoms with E-state index in [0.29, 0.717) is 5.75 Å². The zero-order chi connectivity index (χ0) is 8.81. The fourth-order valence-corrected chi connectivity index (χ4v) is 0.941. The molecule has 1 aliphatic heterocycles. The first-order chi connectivity index (χ1) is 5.86. The van der Waals surface area contributed by atoms with Gasteiger partial charge in [-0.05, 0) is 0 Å². The second-order valence-corrected chi connectivity index (χ2v) is 2.75. The molecule has 0 spiro atoms. The topological polar surface area (TPSA) is 78.6 Å². The number of ether oxygens (including phenoxy) is 1. The fourth-order valence-electron chi connectivity index (χ4n) is 0.407. The molecule has 0 N–H and O–H groups in total. The molecule has 1 rings (SSSR count). The van der Waals surface area contributed by atoms with Gasteiger partial charge in [0, 0.05) is 12.0 Å². The van der Waals surface area contributed by atoms with Crippen molar-refractivity contribution >= 4 is 12.0 Å². The molecular formula is C6H6N2O3S. The quantitative estimate of drug-likeness (QED) is 0.203. The molecule has 0 aromatic heterocycles. The van der Waals surface area contributed by atoms with E-state index in [1.54, 1.807) is 12.1 Å². The van der Waals surface area contributed by atoms with Crippen LogP contribution in [0.1, 0.15) is 0 Å². The van der Waals surface area contributed by atoms with E-state index in [2.05, 4.69) is 9.22 Å². The molecule has 0 amide bonds. The molecule has 1 aliphatic rings. The Labute approximate surface area is 73.9 Å². The second kappa shape index (κ2) is 4.96. The van der Waals surface area contributed by atoms with Crippen molar-refractivity contribution in [3.05, 3.63) is 0 Å². The summed E-state index contributed by atoms with van der Waals surface area (Å²) in [5, 5.41) is 16.5. The summed E-state index contributed by atoms with van der Waals surface area (Å²) in [6.07, 6.45) is -0.918. The number of rotatable bonds is 5. The Balaban J connectivity index is 1.94. The van der Waals surface area contributed by atoms with E-state index >= 15 is 0 Å². The maximum absolute atomic E-state index is 8.24. The molecule has 1 fully saturated rings. The summed E-state index contributed by atoms with van der Waals surface area (Å²) in [7, 11) is 0. The third-order valence-corrected chi connectivity index (χ3v) is 1.76. The predicted octanol–water partition coefficient (Wildman–Crippen LogP) is 0.397. The normalized spacial score (nSPS) is 20.1. The minimum atomic E-state index is -1.15. The number of hydrogen-bond acceptors (Lipinski definition) is 6. The molecule has 0 aromatic carbocycles. The lowest BCUT2D eigenvalue weighted by molar-refractivity contribution is -0.198. The van der Waals surface area contributed by atoms with Gasteiger partial charge in [0.1, 0.15) is 12.1 Å². The van der Waals surface area contributed by atoms with E-state index in [9.17, 15) is 0 Å². The summed E-state index contributed by atoms with van der Waals surface area (Å²) in [5.74, 6) is 0.656. The zero-order valence-electron chi connectivity index (χ0n) is 6.10. The molecule has 5 nitrogen and oxygen atoms in total. The van der Waals surface area contributed by atoms with E-state index in [4.69, 9.17) is 15.3 Å². The Morgan fingerprint density at radius 2 is 2.25 bits per heavy atom. The molecule has 12 heavy (non-hydrogen) atoms. The van der Waals surface area contributed by atoms with Crippen LogP contribution in [0.5, 0.6) is 0 Å². The lowest BCUT2D eigenvalue weighted by Gasteiger charge is -1.99. The molecule has 64 valence electrons. The van der Waals surface area contributed by atoms with Crippen molar-refractivity contribution < 1.29 is 14.0 Å². The summed E-state index contributed by atoms with van der Waals surface area (Å²) in [5.41, 5.74) is 0. The van der Waals surface area contributed by atoms with Crippen molar-refractivity contribution in [1.29, 1.82) is 10.5 Å². The summed E-state index contributed by atoms with van der Waals surface area (Å²) in [6, 6.07) is 3.21. The van der Waals surface area contributed by atoms with Gasteiger partial charge in [-0.25, -0.2) is 0 Å². The summed E-state index contributed by atoms with van der Waals surface area (Å²) in [4.78, 5) is 4.40. The Morgan fingerprint density at radius 1 is 1.58 bits per heavy atom. The molecule has 1 heterocycles. The largest absolute Gasteiger partial charge is 0.372 e. The van der Waals surface area contributed by atoms with Crippen LogP contribution in [-0.4, -0.2) is 24.6 Å². The third kappa shape index (κ3) is 3.56. The van der Waals surface area contributed by atoms with Crippen LogP contribution in [0.2, 0.25) is 0 Å². The first-order valence-electron chi connectivity index (χ1n) is 3.22. The number of nitriles is 2. The van der Waals surface area contributed by atoms with E-state index in [-0.39, 0.29) is 6.10 Å². The minimum absolute atomic E-state index is 0.237. The molecule has 0 saturated carbocycles. The van der Waals surface area contributed by atoms with Gasteiger partial charge in [0.2, 0.25) is 0 Å². The average Bonchev–Trinajstić information content (AvgIpc) is 2.89. The summed E-state index contributed by atoms with van der Waals surface area (Å²) >= 11 is 1.03. The van der Waals surface area contributed by atoms with Crippen LogP contribution in [0, 0.1) is 22.7 Å². The first-order valence-corrected chi connectivity index (χ1v) is 4.13. The molecule has 1 atom stereocenters. The van der Waals surface area contributed by atoms with Gasteiger partial charge in [0.25, 0.3) is 6.10 Å². The van der Waals surface area contributed by atoms with Gasteiger partial charge in [-0.15, -0.1) is 0 Å². The van der Waals surface area contributed by atoms with Crippen LogP contribution in [0.4, 0.5) is 0 Å². The molecular weight excluding hydrogens is 180 g/mol. The summed E-state index contributed by atoms with van der Waals surface area (Å²) < 4.78 is 9.40. The van der Waals surface area contributed by atoms with Gasteiger partial charge in [0.05, 0.1) is 18.5 Å². The first kappa shape index (κ1) is 9.30. The SMILES string of the molecule is N#CC(C#N)OOSCC1CO1. The lowest BCUT2D eigenvalue weighted by Crippen LogP contribution is -2.05. The van der Waals surface area contributed by atoms with E-state index in [1.165, 1.54) is 0 Å². The molecule has 0 aliphatic carbocycles. The van der Waals surface area contributed by atoms with Crippen LogP contribution in [0.15, 0.2) is 0 Å². The highest BCUT2D eigenvalue weighted by Crippen LogP contribution is 2.17. The average molecular weight is 186 g/mol. The summed E-state index contributed by atoms with van der Waals surface area (Å²) in [6.45, 7) is 0.746. The van der Waals surface area contributed by atoms with Gasteiger partial charge in [-0.3, -0.25) is 0 Å². The van der Waals surface area contributed by atoms with Crippen LogP contribution in [-0.2, 0) is 14.0 Å². The zero-order valence-corrected chi connectivity index (χ0v) is 6.91. The van der Waals surface area contributed by atoms with E-state index in [1.807, 2.05) is 0 Å². The molecule has 1 unspecified atom stereocenters. The predicted molar refractivity (Wildman–Crippen MR) is 39.4 cm³/mol. The molecule has 6 heteroatoms. The maximum Gasteiger partial charge on any atom is 0.265 e. The van der Waals surface area contributed by atoms with Gasteiger partial charge < -0.3 is 4.74 Å². The van der Waals surface area contributed by atoms with Crippen molar-refractivity contribution in [2.24, 2.45) is 0 Å². The van der Waals surface area contributed by atoms with Gasteiger partial charge in [-0.1, -0.05) is 0 Å². The van der Waals surface area contributed by atoms with Crippen molar-refractivity contribution in [2.45, 2.75) is 12.2 Å². The number of nitrogens with zero attached hydrogens (tertiary/aromatic N) is 2. The molecule has 0 aromatic rings. The van der Waals surface area contributed by atoms with Crippen molar-refractivity contribution in [2.75, 3.05) is 12.4 Å². The van der Waals surface area contributed by atoms with Crippen LogP contribution in [0.3, 0.4) is 0 Å². The Kier molecular flexibility index (Phi) is 3.85. The van der Waals surface area contributed by atoms with E-state index < -0.39 is 6.10 Å². The monoisotopic (exact) mass is 186 g/mol. The number of hydrogen-bond donors (Lipinski definition) is 0. The van der Waals surface area contributed by atoms with Gasteiger partial charge in [0.15, 0.2) is 0 Å².